The Kier molecular flexibility index (Phi) is 4.92. The van der Waals surface area contributed by atoms with Crippen molar-refractivity contribution in [3.05, 3.63) is 29.8 Å². The summed E-state index contributed by atoms with van der Waals surface area (Å²) in [6.45, 7) is -0.376. The molecule has 7 nitrogen and oxygen atoms in total. The minimum absolute atomic E-state index is 0.124. The lowest BCUT2D eigenvalue weighted by atomic mass is 9.99. The van der Waals surface area contributed by atoms with Crippen LogP contribution in [0.15, 0.2) is 24.3 Å². The van der Waals surface area contributed by atoms with E-state index >= 15 is 0 Å². The average molecular weight is 285 g/mol. The molecule has 7 heteroatoms. The van der Waals surface area contributed by atoms with Crippen molar-refractivity contribution in [2.24, 2.45) is 0 Å². The summed E-state index contributed by atoms with van der Waals surface area (Å²) in [6.07, 6.45) is -6.20. The van der Waals surface area contributed by atoms with Gasteiger partial charge in [-0.1, -0.05) is 12.1 Å². The smallest absolute Gasteiger partial charge is 0.184 e. The molecule has 112 valence electrons. The number of hydrogen-bond donors (Lipinski definition) is 5. The standard InChI is InChI=1S/C13H19NO6/c14-8-3-1-7(2-4-8)6-19-12-11(17)10(16)9(5-15)20-13(12)18/h1-4,9-13,15-18H,5-6,14H2/t9-,10-,11+,12+,13+/m1/s1. The van der Waals surface area contributed by atoms with Gasteiger partial charge < -0.3 is 35.6 Å². The summed E-state index contributed by atoms with van der Waals surface area (Å²) in [6, 6.07) is 6.93. The summed E-state index contributed by atoms with van der Waals surface area (Å²) >= 11 is 0. The molecule has 0 radical (unpaired) electrons. The van der Waals surface area contributed by atoms with E-state index in [1.54, 1.807) is 24.3 Å². The summed E-state index contributed by atoms with van der Waals surface area (Å²) in [7, 11) is 0. The first-order valence-electron chi connectivity index (χ1n) is 6.29. The van der Waals surface area contributed by atoms with Crippen LogP contribution in [-0.4, -0.2) is 57.7 Å². The second-order valence-electron chi connectivity index (χ2n) is 4.75. The molecule has 1 aromatic carbocycles. The van der Waals surface area contributed by atoms with E-state index in [1.807, 2.05) is 0 Å². The van der Waals surface area contributed by atoms with Crippen LogP contribution in [-0.2, 0) is 16.1 Å². The van der Waals surface area contributed by atoms with Crippen LogP contribution in [0.5, 0.6) is 0 Å². The maximum absolute atomic E-state index is 9.89. The highest BCUT2D eigenvalue weighted by Gasteiger charge is 2.44. The van der Waals surface area contributed by atoms with E-state index in [-0.39, 0.29) is 6.61 Å². The molecule has 0 aromatic heterocycles. The Balaban J connectivity index is 1.96. The van der Waals surface area contributed by atoms with Crippen molar-refractivity contribution in [3.63, 3.8) is 0 Å². The van der Waals surface area contributed by atoms with Gasteiger partial charge in [0.05, 0.1) is 13.2 Å². The lowest BCUT2D eigenvalue weighted by Gasteiger charge is -2.39. The number of benzene rings is 1. The van der Waals surface area contributed by atoms with Gasteiger partial charge in [-0.2, -0.15) is 0 Å². The molecular weight excluding hydrogens is 266 g/mol. The molecule has 1 aliphatic rings. The monoisotopic (exact) mass is 285 g/mol. The predicted octanol–water partition coefficient (Wildman–Crippen LogP) is -1.41. The van der Waals surface area contributed by atoms with Crippen molar-refractivity contribution in [1.82, 2.24) is 0 Å². The van der Waals surface area contributed by atoms with Crippen LogP contribution in [0.2, 0.25) is 0 Å². The molecule has 20 heavy (non-hydrogen) atoms. The van der Waals surface area contributed by atoms with Crippen LogP contribution < -0.4 is 5.73 Å². The Labute approximate surface area is 116 Å². The zero-order valence-electron chi connectivity index (χ0n) is 10.8. The molecule has 0 amide bonds. The highest BCUT2D eigenvalue weighted by atomic mass is 16.7. The second kappa shape index (κ2) is 6.49. The van der Waals surface area contributed by atoms with Gasteiger partial charge in [-0.25, -0.2) is 0 Å². The minimum atomic E-state index is -1.42. The summed E-state index contributed by atoms with van der Waals surface area (Å²) in [4.78, 5) is 0. The van der Waals surface area contributed by atoms with E-state index in [1.165, 1.54) is 0 Å². The maximum atomic E-state index is 9.89. The van der Waals surface area contributed by atoms with Gasteiger partial charge in [0.15, 0.2) is 6.29 Å². The zero-order chi connectivity index (χ0) is 14.7. The highest BCUT2D eigenvalue weighted by Crippen LogP contribution is 2.23. The molecule has 0 bridgehead atoms. The topological polar surface area (TPSA) is 125 Å². The van der Waals surface area contributed by atoms with E-state index in [2.05, 4.69) is 0 Å². The number of aliphatic hydroxyl groups is 4. The average Bonchev–Trinajstić information content (AvgIpc) is 2.44. The minimum Gasteiger partial charge on any atom is -0.399 e. The van der Waals surface area contributed by atoms with Gasteiger partial charge in [-0.05, 0) is 17.7 Å². The summed E-state index contributed by atoms with van der Waals surface area (Å²) in [5.41, 5.74) is 6.99. The number of nitrogen functional groups attached to an aromatic ring is 1. The Bertz CT molecular complexity index is 425. The third kappa shape index (κ3) is 3.26. The predicted molar refractivity (Wildman–Crippen MR) is 69.4 cm³/mol. The number of rotatable bonds is 4. The van der Waals surface area contributed by atoms with Crippen molar-refractivity contribution >= 4 is 5.69 Å². The number of ether oxygens (including phenoxy) is 2. The molecule has 1 aliphatic heterocycles. The van der Waals surface area contributed by atoms with E-state index in [4.69, 9.17) is 20.3 Å². The van der Waals surface area contributed by atoms with Crippen molar-refractivity contribution in [2.45, 2.75) is 37.3 Å². The summed E-state index contributed by atoms with van der Waals surface area (Å²) in [5, 5.41) is 38.3. The molecule has 0 saturated carbocycles. The summed E-state index contributed by atoms with van der Waals surface area (Å²) in [5.74, 6) is 0. The second-order valence-corrected chi connectivity index (χ2v) is 4.75. The Morgan fingerprint density at radius 3 is 2.35 bits per heavy atom. The molecule has 1 fully saturated rings. The van der Waals surface area contributed by atoms with Crippen LogP contribution in [0.4, 0.5) is 5.69 Å². The normalized spacial score (nSPS) is 34.1. The Morgan fingerprint density at radius 2 is 1.75 bits per heavy atom. The van der Waals surface area contributed by atoms with Crippen LogP contribution in [0, 0.1) is 0 Å². The molecule has 0 spiro atoms. The number of nitrogens with two attached hydrogens (primary N) is 1. The fourth-order valence-corrected chi connectivity index (χ4v) is 2.06. The van der Waals surface area contributed by atoms with Crippen LogP contribution >= 0.6 is 0 Å². The molecule has 1 aromatic rings. The van der Waals surface area contributed by atoms with Gasteiger partial charge in [0, 0.05) is 5.69 Å². The fourth-order valence-electron chi connectivity index (χ4n) is 2.06. The molecule has 6 N–H and O–H groups in total. The molecule has 0 aliphatic carbocycles. The van der Waals surface area contributed by atoms with Crippen LogP contribution in [0.25, 0.3) is 0 Å². The number of hydrogen-bond acceptors (Lipinski definition) is 7. The van der Waals surface area contributed by atoms with Gasteiger partial charge in [-0.15, -0.1) is 0 Å². The molecule has 0 unspecified atom stereocenters. The van der Waals surface area contributed by atoms with E-state index in [0.29, 0.717) is 5.69 Å². The molecule has 1 heterocycles. The van der Waals surface area contributed by atoms with Gasteiger partial charge in [0.25, 0.3) is 0 Å². The quantitative estimate of drug-likeness (QED) is 0.430. The van der Waals surface area contributed by atoms with Crippen molar-refractivity contribution in [3.8, 4) is 0 Å². The van der Waals surface area contributed by atoms with Crippen LogP contribution in [0.3, 0.4) is 0 Å². The largest absolute Gasteiger partial charge is 0.399 e. The lowest BCUT2D eigenvalue weighted by Crippen LogP contribution is -2.59. The van der Waals surface area contributed by atoms with Gasteiger partial charge >= 0.3 is 0 Å². The molecule has 5 atom stereocenters. The first kappa shape index (κ1) is 15.2. The molecule has 1 saturated heterocycles. The third-order valence-corrected chi connectivity index (χ3v) is 3.26. The van der Waals surface area contributed by atoms with E-state index in [0.717, 1.165) is 5.56 Å². The van der Waals surface area contributed by atoms with Gasteiger partial charge in [0.1, 0.15) is 24.4 Å². The summed E-state index contributed by atoms with van der Waals surface area (Å²) < 4.78 is 10.4. The number of anilines is 1. The van der Waals surface area contributed by atoms with E-state index < -0.39 is 37.3 Å². The first-order chi connectivity index (χ1) is 9.52. The van der Waals surface area contributed by atoms with Crippen molar-refractivity contribution in [2.75, 3.05) is 12.3 Å². The van der Waals surface area contributed by atoms with Gasteiger partial charge in [0.2, 0.25) is 0 Å². The van der Waals surface area contributed by atoms with Crippen molar-refractivity contribution < 1.29 is 29.9 Å². The number of aliphatic hydroxyl groups excluding tert-OH is 4. The lowest BCUT2D eigenvalue weighted by molar-refractivity contribution is -0.298. The first-order valence-corrected chi connectivity index (χ1v) is 6.29. The molecular formula is C13H19NO6. The van der Waals surface area contributed by atoms with Crippen LogP contribution in [0.1, 0.15) is 5.56 Å². The third-order valence-electron chi connectivity index (χ3n) is 3.26. The Morgan fingerprint density at radius 1 is 1.10 bits per heavy atom. The zero-order valence-corrected chi connectivity index (χ0v) is 10.8. The maximum Gasteiger partial charge on any atom is 0.184 e. The van der Waals surface area contributed by atoms with E-state index in [9.17, 15) is 15.3 Å². The molecule has 2 rings (SSSR count). The fraction of sp³-hybridized carbons (Fsp3) is 0.538. The SMILES string of the molecule is Nc1ccc(CO[C@H]2[C@@H](O)[C@H](O)[C@@H](CO)O[C@@H]2O)cc1. The highest BCUT2D eigenvalue weighted by molar-refractivity contribution is 5.39. The van der Waals surface area contributed by atoms with Gasteiger partial charge in [-0.3, -0.25) is 0 Å². The Hall–Kier alpha value is -1.22. The van der Waals surface area contributed by atoms with Crippen molar-refractivity contribution in [1.29, 1.82) is 0 Å².